The van der Waals surface area contributed by atoms with Crippen LogP contribution in [0.4, 0.5) is 10.1 Å². The Bertz CT molecular complexity index is 630. The van der Waals surface area contributed by atoms with Gasteiger partial charge in [0.1, 0.15) is 12.4 Å². The van der Waals surface area contributed by atoms with Gasteiger partial charge in [0.05, 0.1) is 12.2 Å². The number of aliphatic hydroxyl groups is 1. The van der Waals surface area contributed by atoms with Gasteiger partial charge in [-0.2, -0.15) is 0 Å². The lowest BCUT2D eigenvalue weighted by Gasteiger charge is -2.08. The fourth-order valence-electron chi connectivity index (χ4n) is 1.79. The van der Waals surface area contributed by atoms with Gasteiger partial charge >= 0.3 is 5.97 Å². The number of nitrogens with two attached hydrogens (primary N) is 1. The number of halogens is 1. The van der Waals surface area contributed by atoms with Crippen molar-refractivity contribution in [2.45, 2.75) is 20.1 Å². The first kappa shape index (κ1) is 15.0. The predicted octanol–water partition coefficient (Wildman–Crippen LogP) is 2.57. The summed E-state index contributed by atoms with van der Waals surface area (Å²) >= 11 is 0. The van der Waals surface area contributed by atoms with Crippen LogP contribution >= 0.6 is 0 Å². The van der Waals surface area contributed by atoms with E-state index in [4.69, 9.17) is 15.6 Å². The van der Waals surface area contributed by atoms with E-state index >= 15 is 0 Å². The zero-order valence-corrected chi connectivity index (χ0v) is 11.6. The molecule has 4 nitrogen and oxygen atoms in total. The van der Waals surface area contributed by atoms with Crippen LogP contribution in [0.1, 0.15) is 27.0 Å². The van der Waals surface area contributed by atoms with Crippen molar-refractivity contribution in [1.82, 2.24) is 0 Å². The summed E-state index contributed by atoms with van der Waals surface area (Å²) < 4.78 is 18.6. The Balaban J connectivity index is 2.04. The van der Waals surface area contributed by atoms with Crippen LogP contribution < -0.4 is 5.73 Å². The van der Waals surface area contributed by atoms with Crippen molar-refractivity contribution in [3.63, 3.8) is 0 Å². The van der Waals surface area contributed by atoms with Crippen molar-refractivity contribution in [1.29, 1.82) is 0 Å². The minimum Gasteiger partial charge on any atom is -0.457 e. The highest BCUT2D eigenvalue weighted by atomic mass is 19.1. The van der Waals surface area contributed by atoms with Crippen LogP contribution in [-0.2, 0) is 18.0 Å². The van der Waals surface area contributed by atoms with E-state index in [0.29, 0.717) is 5.56 Å². The summed E-state index contributed by atoms with van der Waals surface area (Å²) in [5.41, 5.74) is 7.80. The summed E-state index contributed by atoms with van der Waals surface area (Å²) in [4.78, 5) is 11.9. The molecule has 0 atom stereocenters. The molecule has 2 aromatic carbocycles. The molecule has 0 amide bonds. The molecular weight excluding hydrogens is 273 g/mol. The minimum absolute atomic E-state index is 0.0397. The largest absolute Gasteiger partial charge is 0.457 e. The van der Waals surface area contributed by atoms with Crippen molar-refractivity contribution in [3.05, 3.63) is 64.5 Å². The lowest BCUT2D eigenvalue weighted by atomic mass is 10.1. The highest BCUT2D eigenvalue weighted by molar-refractivity contribution is 5.90. The maximum Gasteiger partial charge on any atom is 0.338 e. The molecule has 5 heteroatoms. The molecular formula is C16H16FNO3. The monoisotopic (exact) mass is 289 g/mol. The van der Waals surface area contributed by atoms with Gasteiger partial charge < -0.3 is 15.6 Å². The third-order valence-corrected chi connectivity index (χ3v) is 3.20. The Kier molecular flexibility index (Phi) is 4.55. The molecule has 2 aromatic rings. The summed E-state index contributed by atoms with van der Waals surface area (Å²) in [7, 11) is 0. The molecule has 0 saturated heterocycles. The molecule has 0 aliphatic carbocycles. The molecule has 0 saturated carbocycles. The van der Waals surface area contributed by atoms with Crippen molar-refractivity contribution < 1.29 is 19.0 Å². The highest BCUT2D eigenvalue weighted by Crippen LogP contribution is 2.18. The van der Waals surface area contributed by atoms with Gasteiger partial charge in [0.2, 0.25) is 0 Å². The number of rotatable bonds is 4. The number of hydrogen-bond donors (Lipinski definition) is 2. The Morgan fingerprint density at radius 3 is 2.43 bits per heavy atom. The van der Waals surface area contributed by atoms with Gasteiger partial charge in [0.25, 0.3) is 0 Å². The van der Waals surface area contributed by atoms with Gasteiger partial charge in [0.15, 0.2) is 0 Å². The fraction of sp³-hybridized carbons (Fsp3) is 0.188. The van der Waals surface area contributed by atoms with Crippen molar-refractivity contribution in [2.24, 2.45) is 0 Å². The van der Waals surface area contributed by atoms with Gasteiger partial charge in [0, 0.05) is 11.3 Å². The van der Waals surface area contributed by atoms with E-state index in [1.165, 1.54) is 6.07 Å². The molecule has 0 radical (unpaired) electrons. The molecule has 110 valence electrons. The zero-order valence-electron chi connectivity index (χ0n) is 11.6. The first-order chi connectivity index (χ1) is 10.0. The van der Waals surface area contributed by atoms with Crippen molar-refractivity contribution in [2.75, 3.05) is 5.73 Å². The Hall–Kier alpha value is -2.40. The second kappa shape index (κ2) is 6.37. The summed E-state index contributed by atoms with van der Waals surface area (Å²) in [6, 6.07) is 9.50. The SMILES string of the molecule is Cc1c(N)cc(C(=O)OCc2ccc(CO)cc2)cc1F. The van der Waals surface area contributed by atoms with Crippen LogP contribution in [0.5, 0.6) is 0 Å². The average molecular weight is 289 g/mol. The molecule has 0 fully saturated rings. The van der Waals surface area contributed by atoms with E-state index in [1.807, 2.05) is 0 Å². The topological polar surface area (TPSA) is 72.6 Å². The number of benzene rings is 2. The number of carbonyl (C=O) groups excluding carboxylic acids is 1. The molecule has 2 rings (SSSR count). The molecule has 21 heavy (non-hydrogen) atoms. The van der Waals surface area contributed by atoms with E-state index in [2.05, 4.69) is 0 Å². The number of esters is 1. The summed E-state index contributed by atoms with van der Waals surface area (Å²) in [5.74, 6) is -1.17. The van der Waals surface area contributed by atoms with E-state index in [1.54, 1.807) is 31.2 Å². The molecule has 0 unspecified atom stereocenters. The predicted molar refractivity (Wildman–Crippen MR) is 77.0 cm³/mol. The van der Waals surface area contributed by atoms with Gasteiger partial charge in [-0.15, -0.1) is 0 Å². The molecule has 0 aliphatic heterocycles. The van der Waals surface area contributed by atoms with Crippen LogP contribution in [0.3, 0.4) is 0 Å². The van der Waals surface area contributed by atoms with Crippen LogP contribution in [0.2, 0.25) is 0 Å². The van der Waals surface area contributed by atoms with Gasteiger partial charge in [-0.3, -0.25) is 0 Å². The lowest BCUT2D eigenvalue weighted by Crippen LogP contribution is -2.07. The normalized spacial score (nSPS) is 10.4. The number of ether oxygens (including phenoxy) is 1. The highest BCUT2D eigenvalue weighted by Gasteiger charge is 2.12. The standard InChI is InChI=1S/C16H16FNO3/c1-10-14(17)6-13(7-15(10)18)16(20)21-9-12-4-2-11(8-19)3-5-12/h2-7,19H,8-9,18H2,1H3. The van der Waals surface area contributed by atoms with E-state index < -0.39 is 11.8 Å². The molecule has 0 heterocycles. The Morgan fingerprint density at radius 2 is 1.86 bits per heavy atom. The number of nitrogen functional groups attached to an aromatic ring is 1. The number of aliphatic hydroxyl groups excluding tert-OH is 1. The summed E-state index contributed by atoms with van der Waals surface area (Å²) in [6.45, 7) is 1.57. The number of carbonyl (C=O) groups is 1. The summed E-state index contributed by atoms with van der Waals surface area (Å²) in [5, 5.41) is 8.94. The van der Waals surface area contributed by atoms with E-state index in [0.717, 1.165) is 17.2 Å². The quantitative estimate of drug-likeness (QED) is 0.670. The fourth-order valence-corrected chi connectivity index (χ4v) is 1.79. The number of hydrogen-bond acceptors (Lipinski definition) is 4. The maximum absolute atomic E-state index is 13.5. The van der Waals surface area contributed by atoms with Crippen molar-refractivity contribution >= 4 is 11.7 Å². The zero-order chi connectivity index (χ0) is 15.4. The lowest BCUT2D eigenvalue weighted by molar-refractivity contribution is 0.0472. The second-order valence-corrected chi connectivity index (χ2v) is 4.72. The average Bonchev–Trinajstić information content (AvgIpc) is 2.50. The molecule has 0 aromatic heterocycles. The summed E-state index contributed by atoms with van der Waals surface area (Å²) in [6.07, 6.45) is 0. The molecule has 0 spiro atoms. The van der Waals surface area contributed by atoms with E-state index in [9.17, 15) is 9.18 Å². The van der Waals surface area contributed by atoms with Crippen LogP contribution in [0.15, 0.2) is 36.4 Å². The third kappa shape index (κ3) is 3.58. The molecule has 0 aliphatic rings. The third-order valence-electron chi connectivity index (χ3n) is 3.20. The first-order valence-corrected chi connectivity index (χ1v) is 6.42. The van der Waals surface area contributed by atoms with Crippen LogP contribution in [0.25, 0.3) is 0 Å². The van der Waals surface area contributed by atoms with Crippen LogP contribution in [-0.4, -0.2) is 11.1 Å². The Morgan fingerprint density at radius 1 is 1.24 bits per heavy atom. The van der Waals surface area contributed by atoms with E-state index in [-0.39, 0.29) is 24.5 Å². The van der Waals surface area contributed by atoms with Gasteiger partial charge in [-0.25, -0.2) is 9.18 Å². The second-order valence-electron chi connectivity index (χ2n) is 4.72. The molecule has 3 N–H and O–H groups in total. The smallest absolute Gasteiger partial charge is 0.338 e. The number of anilines is 1. The first-order valence-electron chi connectivity index (χ1n) is 6.42. The molecule has 0 bridgehead atoms. The Labute approximate surface area is 122 Å². The van der Waals surface area contributed by atoms with Gasteiger partial charge in [-0.05, 0) is 30.2 Å². The maximum atomic E-state index is 13.5. The van der Waals surface area contributed by atoms with Gasteiger partial charge in [-0.1, -0.05) is 24.3 Å². The minimum atomic E-state index is -0.633. The van der Waals surface area contributed by atoms with Crippen molar-refractivity contribution in [3.8, 4) is 0 Å². The van der Waals surface area contributed by atoms with Crippen LogP contribution in [0, 0.1) is 12.7 Å².